The van der Waals surface area contributed by atoms with Crippen LogP contribution in [0.25, 0.3) is 17.3 Å². The SMILES string of the molecule is Cc1cc(C)c(C=C(C#N)c2nnc(N3CCOCC3)n2-c2ccccc2)cc1C. The zero-order chi connectivity index (χ0) is 21.1. The topological polar surface area (TPSA) is 67.0 Å². The highest BCUT2D eigenvalue weighted by atomic mass is 16.5. The molecule has 0 saturated carbocycles. The summed E-state index contributed by atoms with van der Waals surface area (Å²) >= 11 is 0. The van der Waals surface area contributed by atoms with Gasteiger partial charge in [-0.25, -0.2) is 0 Å². The summed E-state index contributed by atoms with van der Waals surface area (Å²) in [6.07, 6.45) is 1.91. The number of hydrogen-bond acceptors (Lipinski definition) is 5. The van der Waals surface area contributed by atoms with Crippen LogP contribution in [-0.2, 0) is 4.74 Å². The van der Waals surface area contributed by atoms with Crippen LogP contribution in [-0.4, -0.2) is 41.1 Å². The quantitative estimate of drug-likeness (QED) is 0.618. The van der Waals surface area contributed by atoms with Gasteiger partial charge in [0.1, 0.15) is 6.07 Å². The van der Waals surface area contributed by atoms with Gasteiger partial charge in [-0.05, 0) is 61.2 Å². The van der Waals surface area contributed by atoms with Crippen molar-refractivity contribution < 1.29 is 4.74 Å². The first-order chi connectivity index (χ1) is 14.6. The summed E-state index contributed by atoms with van der Waals surface area (Å²) in [6.45, 7) is 9.04. The number of nitriles is 1. The molecule has 0 atom stereocenters. The van der Waals surface area contributed by atoms with Crippen molar-refractivity contribution in [3.8, 4) is 11.8 Å². The lowest BCUT2D eigenvalue weighted by atomic mass is 9.99. The Morgan fingerprint density at radius 3 is 2.40 bits per heavy atom. The Kier molecular flexibility index (Phi) is 5.64. The van der Waals surface area contributed by atoms with Gasteiger partial charge in [-0.2, -0.15) is 5.26 Å². The summed E-state index contributed by atoms with van der Waals surface area (Å²) in [6, 6.07) is 16.6. The van der Waals surface area contributed by atoms with Gasteiger partial charge in [-0.15, -0.1) is 10.2 Å². The minimum atomic E-state index is 0.484. The highest BCUT2D eigenvalue weighted by molar-refractivity contribution is 5.88. The van der Waals surface area contributed by atoms with Crippen molar-refractivity contribution in [3.63, 3.8) is 0 Å². The number of morpholine rings is 1. The summed E-state index contributed by atoms with van der Waals surface area (Å²) in [7, 11) is 0. The molecule has 1 aliphatic rings. The predicted octanol–water partition coefficient (Wildman–Crippen LogP) is 4.09. The number of rotatable bonds is 4. The maximum atomic E-state index is 10.0. The van der Waals surface area contributed by atoms with Crippen molar-refractivity contribution >= 4 is 17.6 Å². The molecule has 0 radical (unpaired) electrons. The van der Waals surface area contributed by atoms with Gasteiger partial charge in [0.2, 0.25) is 5.95 Å². The molecule has 1 aromatic heterocycles. The molecule has 1 saturated heterocycles. The fraction of sp³-hybridized carbons (Fsp3) is 0.292. The highest BCUT2D eigenvalue weighted by Gasteiger charge is 2.23. The summed E-state index contributed by atoms with van der Waals surface area (Å²) in [5, 5.41) is 18.9. The smallest absolute Gasteiger partial charge is 0.232 e. The van der Waals surface area contributed by atoms with Gasteiger partial charge in [-0.3, -0.25) is 4.57 Å². The number of aryl methyl sites for hydroxylation is 3. The fourth-order valence-corrected chi connectivity index (χ4v) is 3.67. The summed E-state index contributed by atoms with van der Waals surface area (Å²) in [4.78, 5) is 2.16. The van der Waals surface area contributed by atoms with Crippen molar-refractivity contribution in [2.45, 2.75) is 20.8 Å². The number of aromatic nitrogens is 3. The first-order valence-corrected chi connectivity index (χ1v) is 10.1. The number of para-hydroxylation sites is 1. The molecule has 1 fully saturated rings. The van der Waals surface area contributed by atoms with Gasteiger partial charge in [0.25, 0.3) is 0 Å². The average Bonchev–Trinajstić information content (AvgIpc) is 3.21. The molecule has 0 aliphatic carbocycles. The number of anilines is 1. The highest BCUT2D eigenvalue weighted by Crippen LogP contribution is 2.27. The van der Waals surface area contributed by atoms with Gasteiger partial charge in [0.15, 0.2) is 5.82 Å². The third-order valence-electron chi connectivity index (χ3n) is 5.50. The van der Waals surface area contributed by atoms with Crippen LogP contribution in [0.1, 0.15) is 28.1 Å². The Bertz CT molecular complexity index is 1120. The van der Waals surface area contributed by atoms with Gasteiger partial charge < -0.3 is 9.64 Å². The molecule has 1 aliphatic heterocycles. The van der Waals surface area contributed by atoms with Gasteiger partial charge >= 0.3 is 0 Å². The number of benzene rings is 2. The molecule has 6 heteroatoms. The summed E-state index contributed by atoms with van der Waals surface area (Å²) in [5.41, 5.74) is 6.00. The van der Waals surface area contributed by atoms with E-state index < -0.39 is 0 Å². The van der Waals surface area contributed by atoms with Gasteiger partial charge in [0.05, 0.1) is 24.5 Å². The van der Waals surface area contributed by atoms with E-state index in [0.29, 0.717) is 24.6 Å². The van der Waals surface area contributed by atoms with E-state index in [1.807, 2.05) is 41.0 Å². The monoisotopic (exact) mass is 399 g/mol. The molecule has 0 unspecified atom stereocenters. The fourth-order valence-electron chi connectivity index (χ4n) is 3.67. The lowest BCUT2D eigenvalue weighted by Crippen LogP contribution is -2.38. The molecule has 0 bridgehead atoms. The lowest BCUT2D eigenvalue weighted by molar-refractivity contribution is 0.122. The lowest BCUT2D eigenvalue weighted by Gasteiger charge is -2.28. The molecular formula is C24H25N5O. The first-order valence-electron chi connectivity index (χ1n) is 10.1. The molecule has 3 aromatic rings. The largest absolute Gasteiger partial charge is 0.378 e. The van der Waals surface area contributed by atoms with Crippen LogP contribution < -0.4 is 4.90 Å². The second-order valence-electron chi connectivity index (χ2n) is 7.56. The van der Waals surface area contributed by atoms with Crippen molar-refractivity contribution in [1.82, 2.24) is 14.8 Å². The van der Waals surface area contributed by atoms with Crippen molar-refractivity contribution in [2.24, 2.45) is 0 Å². The van der Waals surface area contributed by atoms with E-state index in [0.717, 1.165) is 35.9 Å². The minimum Gasteiger partial charge on any atom is -0.378 e. The average molecular weight is 399 g/mol. The number of ether oxygens (including phenoxy) is 1. The Morgan fingerprint density at radius 1 is 1.00 bits per heavy atom. The Labute approximate surface area is 177 Å². The van der Waals surface area contributed by atoms with Crippen LogP contribution in [0, 0.1) is 32.1 Å². The van der Waals surface area contributed by atoms with E-state index in [1.54, 1.807) is 0 Å². The van der Waals surface area contributed by atoms with Crippen molar-refractivity contribution in [3.05, 3.63) is 70.5 Å². The summed E-state index contributed by atoms with van der Waals surface area (Å²) < 4.78 is 7.46. The van der Waals surface area contributed by atoms with Crippen LogP contribution in [0.2, 0.25) is 0 Å². The van der Waals surface area contributed by atoms with Crippen LogP contribution >= 0.6 is 0 Å². The molecule has 2 heterocycles. The minimum absolute atomic E-state index is 0.484. The Hall–Kier alpha value is -3.43. The number of allylic oxidation sites excluding steroid dienone is 1. The second kappa shape index (κ2) is 8.52. The second-order valence-corrected chi connectivity index (χ2v) is 7.56. The third-order valence-corrected chi connectivity index (χ3v) is 5.50. The molecule has 152 valence electrons. The van der Waals surface area contributed by atoms with Gasteiger partial charge in [-0.1, -0.05) is 30.3 Å². The van der Waals surface area contributed by atoms with Gasteiger partial charge in [0, 0.05) is 13.1 Å². The van der Waals surface area contributed by atoms with Crippen molar-refractivity contribution in [2.75, 3.05) is 31.2 Å². The number of hydrogen-bond donors (Lipinski definition) is 0. The maximum Gasteiger partial charge on any atom is 0.232 e. The van der Waals surface area contributed by atoms with Crippen LogP contribution in [0.3, 0.4) is 0 Å². The summed E-state index contributed by atoms with van der Waals surface area (Å²) in [5.74, 6) is 1.28. The molecular weight excluding hydrogens is 374 g/mol. The molecule has 2 aromatic carbocycles. The molecule has 0 amide bonds. The Morgan fingerprint density at radius 2 is 1.70 bits per heavy atom. The van der Waals surface area contributed by atoms with Crippen molar-refractivity contribution in [1.29, 1.82) is 5.26 Å². The molecule has 0 N–H and O–H groups in total. The predicted molar refractivity (Wildman–Crippen MR) is 119 cm³/mol. The van der Waals surface area contributed by atoms with E-state index in [2.05, 4.69) is 54.1 Å². The molecule has 6 nitrogen and oxygen atoms in total. The Balaban J connectivity index is 1.86. The first kappa shape index (κ1) is 19.9. The third kappa shape index (κ3) is 3.85. The van der Waals surface area contributed by atoms with Crippen LogP contribution in [0.5, 0.6) is 0 Å². The van der Waals surface area contributed by atoms with Crippen LogP contribution in [0.4, 0.5) is 5.95 Å². The van der Waals surface area contributed by atoms with E-state index in [4.69, 9.17) is 4.74 Å². The normalized spacial score (nSPS) is 14.6. The van der Waals surface area contributed by atoms with E-state index >= 15 is 0 Å². The molecule has 4 rings (SSSR count). The zero-order valence-corrected chi connectivity index (χ0v) is 17.6. The standard InChI is InChI=1S/C24H25N5O/c1-17-13-19(3)20(14-18(17)2)15-21(16-25)23-26-27-24(28-9-11-30-12-10-28)29(23)22-7-5-4-6-8-22/h4-8,13-15H,9-12H2,1-3H3. The van der Waals surface area contributed by atoms with E-state index in [9.17, 15) is 5.26 Å². The van der Waals surface area contributed by atoms with E-state index in [1.165, 1.54) is 11.1 Å². The van der Waals surface area contributed by atoms with E-state index in [-0.39, 0.29) is 0 Å². The zero-order valence-electron chi connectivity index (χ0n) is 17.6. The molecule has 30 heavy (non-hydrogen) atoms. The van der Waals surface area contributed by atoms with Crippen LogP contribution in [0.15, 0.2) is 42.5 Å². The maximum absolute atomic E-state index is 10.0. The molecule has 0 spiro atoms. The number of nitrogens with zero attached hydrogens (tertiary/aromatic N) is 5.